The highest BCUT2D eigenvalue weighted by Gasteiger charge is 2.18. The molecule has 2 rings (SSSR count). The minimum atomic E-state index is -0.560. The van der Waals surface area contributed by atoms with Crippen molar-refractivity contribution in [1.29, 1.82) is 0 Å². The van der Waals surface area contributed by atoms with Crippen LogP contribution in [0.25, 0.3) is 0 Å². The third-order valence-electron chi connectivity index (χ3n) is 3.57. The highest BCUT2D eigenvalue weighted by atomic mass is 35.5. The van der Waals surface area contributed by atoms with Crippen LogP contribution in [0.3, 0.4) is 0 Å². The van der Waals surface area contributed by atoms with E-state index in [0.29, 0.717) is 33.8 Å². The number of benzene rings is 2. The van der Waals surface area contributed by atoms with E-state index in [1.54, 1.807) is 30.0 Å². The standard InChI is InChI=1S/C19H20Cl3NO2S/c1-2-17(25-18-6-4-3-5-15(18)21)19(24)23-9-10-26-12-13-7-8-14(20)16(22)11-13/h3-8,11,17H,2,9-10,12H2,1H3,(H,23,24)/t17-/m0/s1. The van der Waals surface area contributed by atoms with Gasteiger partial charge < -0.3 is 10.1 Å². The molecule has 7 heteroatoms. The minimum Gasteiger partial charge on any atom is -0.479 e. The van der Waals surface area contributed by atoms with Crippen molar-refractivity contribution in [2.75, 3.05) is 12.3 Å². The molecular formula is C19H20Cl3NO2S. The van der Waals surface area contributed by atoms with Crippen LogP contribution < -0.4 is 10.1 Å². The van der Waals surface area contributed by atoms with Crippen LogP contribution >= 0.6 is 46.6 Å². The number of hydrogen-bond acceptors (Lipinski definition) is 3. The number of rotatable bonds is 9. The van der Waals surface area contributed by atoms with E-state index in [1.807, 2.05) is 31.2 Å². The Bertz CT molecular complexity index is 742. The second-order valence-corrected chi connectivity index (χ2v) is 7.86. The first kappa shape index (κ1) is 21.2. The number of para-hydroxylation sites is 1. The molecule has 0 aromatic heterocycles. The first-order valence-corrected chi connectivity index (χ1v) is 10.5. The highest BCUT2D eigenvalue weighted by Crippen LogP contribution is 2.25. The molecule has 1 atom stereocenters. The lowest BCUT2D eigenvalue weighted by Gasteiger charge is -2.18. The summed E-state index contributed by atoms with van der Waals surface area (Å²) in [7, 11) is 0. The highest BCUT2D eigenvalue weighted by molar-refractivity contribution is 7.98. The van der Waals surface area contributed by atoms with Crippen molar-refractivity contribution >= 4 is 52.5 Å². The quantitative estimate of drug-likeness (QED) is 0.505. The lowest BCUT2D eigenvalue weighted by Crippen LogP contribution is -2.39. The summed E-state index contributed by atoms with van der Waals surface area (Å²) in [5, 5.41) is 4.51. The van der Waals surface area contributed by atoms with Gasteiger partial charge in [0.25, 0.3) is 5.91 Å². The first-order valence-electron chi connectivity index (χ1n) is 8.21. The Hall–Kier alpha value is -1.07. The summed E-state index contributed by atoms with van der Waals surface area (Å²) in [5.41, 5.74) is 1.10. The summed E-state index contributed by atoms with van der Waals surface area (Å²) in [6, 6.07) is 12.7. The minimum absolute atomic E-state index is 0.137. The average molecular weight is 433 g/mol. The molecule has 0 unspecified atom stereocenters. The lowest BCUT2D eigenvalue weighted by molar-refractivity contribution is -0.127. The molecule has 0 radical (unpaired) electrons. The molecule has 2 aromatic rings. The molecule has 0 aliphatic heterocycles. The Morgan fingerprint density at radius 2 is 1.88 bits per heavy atom. The van der Waals surface area contributed by atoms with Gasteiger partial charge >= 0.3 is 0 Å². The van der Waals surface area contributed by atoms with E-state index in [1.165, 1.54) is 0 Å². The summed E-state index contributed by atoms with van der Waals surface area (Å²) in [6.45, 7) is 2.47. The molecule has 1 N–H and O–H groups in total. The normalized spacial score (nSPS) is 11.8. The van der Waals surface area contributed by atoms with Crippen LogP contribution in [0.5, 0.6) is 5.75 Å². The topological polar surface area (TPSA) is 38.3 Å². The van der Waals surface area contributed by atoms with Gasteiger partial charge in [0.05, 0.1) is 15.1 Å². The first-order chi connectivity index (χ1) is 12.5. The molecule has 0 saturated carbocycles. The molecule has 1 amide bonds. The van der Waals surface area contributed by atoms with Crippen molar-refractivity contribution in [2.24, 2.45) is 0 Å². The molecule has 0 saturated heterocycles. The van der Waals surface area contributed by atoms with Gasteiger partial charge in [-0.1, -0.05) is 59.9 Å². The van der Waals surface area contributed by atoms with Crippen molar-refractivity contribution < 1.29 is 9.53 Å². The number of thioether (sulfide) groups is 1. The van der Waals surface area contributed by atoms with Crippen LogP contribution in [0, 0.1) is 0 Å². The predicted octanol–water partition coefficient (Wildman–Crippen LogP) is 5.85. The molecule has 0 aliphatic rings. The van der Waals surface area contributed by atoms with Crippen molar-refractivity contribution in [3.8, 4) is 5.75 Å². The van der Waals surface area contributed by atoms with Gasteiger partial charge in [-0.3, -0.25) is 4.79 Å². The van der Waals surface area contributed by atoms with Gasteiger partial charge in [-0.05, 0) is 36.2 Å². The predicted molar refractivity (Wildman–Crippen MR) is 112 cm³/mol. The Morgan fingerprint density at radius 1 is 1.12 bits per heavy atom. The van der Waals surface area contributed by atoms with Gasteiger partial charge in [-0.25, -0.2) is 0 Å². The number of ether oxygens (including phenoxy) is 1. The molecule has 0 heterocycles. The maximum atomic E-state index is 12.3. The van der Waals surface area contributed by atoms with E-state index in [2.05, 4.69) is 5.32 Å². The average Bonchev–Trinajstić information content (AvgIpc) is 2.63. The molecule has 26 heavy (non-hydrogen) atoms. The SMILES string of the molecule is CC[C@H](Oc1ccccc1Cl)C(=O)NCCSCc1ccc(Cl)c(Cl)c1. The van der Waals surface area contributed by atoms with E-state index < -0.39 is 6.10 Å². The third-order valence-corrected chi connectivity index (χ3v) is 5.65. The molecule has 0 aliphatic carbocycles. The molecule has 0 bridgehead atoms. The van der Waals surface area contributed by atoms with Crippen LogP contribution in [-0.2, 0) is 10.5 Å². The number of halogens is 3. The van der Waals surface area contributed by atoms with Gasteiger partial charge in [-0.2, -0.15) is 11.8 Å². The largest absolute Gasteiger partial charge is 0.479 e. The third kappa shape index (κ3) is 6.58. The van der Waals surface area contributed by atoms with Crippen molar-refractivity contribution in [2.45, 2.75) is 25.2 Å². The van der Waals surface area contributed by atoms with E-state index in [9.17, 15) is 4.79 Å². The van der Waals surface area contributed by atoms with E-state index >= 15 is 0 Å². The number of nitrogens with one attached hydrogen (secondary N) is 1. The van der Waals surface area contributed by atoms with Crippen LogP contribution in [0.1, 0.15) is 18.9 Å². The lowest BCUT2D eigenvalue weighted by atomic mass is 10.2. The zero-order valence-corrected chi connectivity index (χ0v) is 17.4. The molecule has 2 aromatic carbocycles. The maximum Gasteiger partial charge on any atom is 0.261 e. The second kappa shape index (κ2) is 10.9. The molecule has 0 spiro atoms. The maximum absolute atomic E-state index is 12.3. The zero-order chi connectivity index (χ0) is 18.9. The summed E-state index contributed by atoms with van der Waals surface area (Å²) in [5.74, 6) is 1.97. The summed E-state index contributed by atoms with van der Waals surface area (Å²) in [4.78, 5) is 12.3. The van der Waals surface area contributed by atoms with Crippen LogP contribution in [0.4, 0.5) is 0 Å². The van der Waals surface area contributed by atoms with Gasteiger partial charge in [0.1, 0.15) is 5.75 Å². The van der Waals surface area contributed by atoms with Crippen LogP contribution in [0.15, 0.2) is 42.5 Å². The number of hydrogen-bond donors (Lipinski definition) is 1. The smallest absolute Gasteiger partial charge is 0.261 e. The van der Waals surface area contributed by atoms with Crippen LogP contribution in [0.2, 0.25) is 15.1 Å². The van der Waals surface area contributed by atoms with Crippen molar-refractivity contribution in [3.63, 3.8) is 0 Å². The van der Waals surface area contributed by atoms with E-state index in [0.717, 1.165) is 17.1 Å². The second-order valence-electron chi connectivity index (χ2n) is 5.54. The zero-order valence-electron chi connectivity index (χ0n) is 14.3. The molecular weight excluding hydrogens is 413 g/mol. The number of carbonyl (C=O) groups is 1. The van der Waals surface area contributed by atoms with Gasteiger partial charge in [0.15, 0.2) is 6.10 Å². The van der Waals surface area contributed by atoms with Gasteiger partial charge in [-0.15, -0.1) is 0 Å². The number of amides is 1. The Labute approximate surface area is 173 Å². The van der Waals surface area contributed by atoms with E-state index in [4.69, 9.17) is 39.5 Å². The van der Waals surface area contributed by atoms with E-state index in [-0.39, 0.29) is 5.91 Å². The molecule has 140 valence electrons. The summed E-state index contributed by atoms with van der Waals surface area (Å²) in [6.07, 6.45) is 0.00276. The Balaban J connectivity index is 1.73. The Morgan fingerprint density at radius 3 is 2.58 bits per heavy atom. The summed E-state index contributed by atoms with van der Waals surface area (Å²) >= 11 is 19.7. The molecule has 0 fully saturated rings. The Kier molecular flexibility index (Phi) is 8.93. The monoisotopic (exact) mass is 431 g/mol. The molecule has 3 nitrogen and oxygen atoms in total. The van der Waals surface area contributed by atoms with Crippen molar-refractivity contribution in [1.82, 2.24) is 5.32 Å². The number of carbonyl (C=O) groups excluding carboxylic acids is 1. The fourth-order valence-corrected chi connectivity index (χ4v) is 3.50. The summed E-state index contributed by atoms with van der Waals surface area (Å²) < 4.78 is 5.73. The van der Waals surface area contributed by atoms with Crippen molar-refractivity contribution in [3.05, 3.63) is 63.1 Å². The van der Waals surface area contributed by atoms with Gasteiger partial charge in [0, 0.05) is 18.1 Å². The fraction of sp³-hybridized carbons (Fsp3) is 0.316. The van der Waals surface area contributed by atoms with Crippen LogP contribution in [-0.4, -0.2) is 24.3 Å². The van der Waals surface area contributed by atoms with Gasteiger partial charge in [0.2, 0.25) is 0 Å². The fourth-order valence-electron chi connectivity index (χ4n) is 2.20.